The number of benzene rings is 1. The topological polar surface area (TPSA) is 50.1 Å². The maximum Gasteiger partial charge on any atom is 0.280 e. The molecule has 3 rings (SSSR count). The van der Waals surface area contributed by atoms with Gasteiger partial charge in [0.2, 0.25) is 0 Å². The number of nitrogens with zero attached hydrogens (tertiary/aromatic N) is 2. The molecule has 2 aromatic rings. The van der Waals surface area contributed by atoms with E-state index in [9.17, 15) is 4.79 Å². The highest BCUT2D eigenvalue weighted by atomic mass is 16.1. The molecule has 0 amide bonds. The normalized spacial score (nSPS) is 16.8. The van der Waals surface area contributed by atoms with Crippen molar-refractivity contribution in [1.82, 2.24) is 9.78 Å². The van der Waals surface area contributed by atoms with E-state index in [1.807, 2.05) is 37.3 Å². The zero-order chi connectivity index (χ0) is 17.6. The second-order valence-electron chi connectivity index (χ2n) is 7.05. The van der Waals surface area contributed by atoms with Gasteiger partial charge in [-0.25, -0.2) is 4.68 Å². The largest absolute Gasteiger partial charge is 0.294 e. The first-order valence-electron chi connectivity index (χ1n) is 9.64. The Morgan fingerprint density at radius 3 is 2.48 bits per heavy atom. The summed E-state index contributed by atoms with van der Waals surface area (Å²) in [6.45, 7) is 4.14. The minimum Gasteiger partial charge on any atom is -0.294 e. The van der Waals surface area contributed by atoms with Crippen molar-refractivity contribution in [3.63, 3.8) is 0 Å². The van der Waals surface area contributed by atoms with Gasteiger partial charge in [-0.05, 0) is 38.3 Å². The number of H-pyrrole nitrogens is 1. The summed E-state index contributed by atoms with van der Waals surface area (Å²) < 4.78 is 1.66. The van der Waals surface area contributed by atoms with E-state index >= 15 is 0 Å². The molecular weight excluding hydrogens is 310 g/mol. The average molecular weight is 339 g/mol. The molecule has 134 valence electrons. The van der Waals surface area contributed by atoms with E-state index in [2.05, 4.69) is 12.0 Å². The van der Waals surface area contributed by atoms with Crippen molar-refractivity contribution in [2.75, 3.05) is 0 Å². The van der Waals surface area contributed by atoms with Gasteiger partial charge in [-0.1, -0.05) is 57.2 Å². The minimum absolute atomic E-state index is 0.0181. The van der Waals surface area contributed by atoms with E-state index in [-0.39, 0.29) is 5.56 Å². The number of aryl methyl sites for hydroxylation is 1. The summed E-state index contributed by atoms with van der Waals surface area (Å²) in [7, 11) is 0. The van der Waals surface area contributed by atoms with Crippen molar-refractivity contribution in [2.45, 2.75) is 71.3 Å². The fourth-order valence-electron chi connectivity index (χ4n) is 3.77. The molecule has 0 saturated heterocycles. The number of hydrogen-bond donors (Lipinski definition) is 1. The van der Waals surface area contributed by atoms with Crippen molar-refractivity contribution < 1.29 is 0 Å². The first kappa shape index (κ1) is 17.7. The van der Waals surface area contributed by atoms with Gasteiger partial charge in [0, 0.05) is 11.4 Å². The first-order valence-corrected chi connectivity index (χ1v) is 9.64. The Bertz CT molecular complexity index is 762. The number of aliphatic imine (C=N–C) groups is 1. The number of hydrogen-bond acceptors (Lipinski definition) is 2. The predicted molar refractivity (Wildman–Crippen MR) is 104 cm³/mol. The van der Waals surface area contributed by atoms with Crippen LogP contribution in [0.1, 0.15) is 70.1 Å². The zero-order valence-corrected chi connectivity index (χ0v) is 15.4. The molecule has 0 bridgehead atoms. The second kappa shape index (κ2) is 8.32. The van der Waals surface area contributed by atoms with Gasteiger partial charge in [0.1, 0.15) is 0 Å². The van der Waals surface area contributed by atoms with E-state index in [0.29, 0.717) is 6.04 Å². The molecule has 25 heavy (non-hydrogen) atoms. The van der Waals surface area contributed by atoms with E-state index < -0.39 is 0 Å². The Labute approximate surface area is 150 Å². The number of para-hydroxylation sites is 1. The van der Waals surface area contributed by atoms with Gasteiger partial charge in [0.05, 0.1) is 17.3 Å². The van der Waals surface area contributed by atoms with Gasteiger partial charge < -0.3 is 0 Å². The monoisotopic (exact) mass is 339 g/mol. The van der Waals surface area contributed by atoms with Crippen molar-refractivity contribution in [3.05, 3.63) is 51.9 Å². The number of aromatic amines is 1. The van der Waals surface area contributed by atoms with Gasteiger partial charge in [-0.3, -0.25) is 14.9 Å². The Balaban J connectivity index is 1.99. The highest BCUT2D eigenvalue weighted by Crippen LogP contribution is 2.21. The predicted octanol–water partition coefficient (Wildman–Crippen LogP) is 4.65. The van der Waals surface area contributed by atoms with E-state index in [0.717, 1.165) is 48.3 Å². The molecule has 1 heterocycles. The maximum absolute atomic E-state index is 13.1. The van der Waals surface area contributed by atoms with Crippen molar-refractivity contribution in [2.24, 2.45) is 4.99 Å². The second-order valence-corrected chi connectivity index (χ2v) is 7.05. The third kappa shape index (κ3) is 4.12. The summed E-state index contributed by atoms with van der Waals surface area (Å²) in [6, 6.07) is 10.1. The quantitative estimate of drug-likeness (QED) is 0.625. The van der Waals surface area contributed by atoms with E-state index in [4.69, 9.17) is 4.99 Å². The lowest BCUT2D eigenvalue weighted by Gasteiger charge is -2.10. The zero-order valence-electron chi connectivity index (χ0n) is 15.4. The van der Waals surface area contributed by atoms with Crippen LogP contribution in [-0.4, -0.2) is 21.5 Å². The van der Waals surface area contributed by atoms with Gasteiger partial charge in [0.25, 0.3) is 5.56 Å². The molecule has 0 unspecified atom stereocenters. The Morgan fingerprint density at radius 2 is 1.84 bits per heavy atom. The third-order valence-corrected chi connectivity index (χ3v) is 5.04. The average Bonchev–Trinajstić information content (AvgIpc) is 2.78. The van der Waals surface area contributed by atoms with Crippen LogP contribution in [0, 0.1) is 0 Å². The molecule has 4 heteroatoms. The Morgan fingerprint density at radius 1 is 1.16 bits per heavy atom. The molecule has 1 aliphatic rings. The summed E-state index contributed by atoms with van der Waals surface area (Å²) in [4.78, 5) is 18.0. The molecule has 0 aliphatic heterocycles. The van der Waals surface area contributed by atoms with Crippen LogP contribution < -0.4 is 5.56 Å². The molecule has 1 aromatic heterocycles. The molecule has 1 fully saturated rings. The molecule has 0 atom stereocenters. The fraction of sp³-hybridized carbons (Fsp3) is 0.524. The Kier molecular flexibility index (Phi) is 5.90. The standard InChI is InChI=1S/C21H29N3O/c1-3-11-19-20(16(2)22-17-12-7-4-5-8-13-17)21(25)24(23-19)18-14-9-6-10-15-18/h6,9-10,14-15,17,23H,3-5,7-8,11-13H2,1-2H3. The van der Waals surface area contributed by atoms with Crippen LogP contribution in [0.3, 0.4) is 0 Å². The number of aromatic nitrogens is 2. The van der Waals surface area contributed by atoms with Crippen molar-refractivity contribution >= 4 is 5.71 Å². The van der Waals surface area contributed by atoms with Gasteiger partial charge >= 0.3 is 0 Å². The van der Waals surface area contributed by atoms with E-state index in [1.165, 1.54) is 25.7 Å². The molecule has 1 aromatic carbocycles. The SMILES string of the molecule is CCCc1[nH]n(-c2ccccc2)c(=O)c1C(C)=NC1CCCCCC1. The van der Waals surface area contributed by atoms with Crippen LogP contribution in [0.5, 0.6) is 0 Å². The van der Waals surface area contributed by atoms with Crippen LogP contribution in [0.25, 0.3) is 5.69 Å². The lowest BCUT2D eigenvalue weighted by molar-refractivity contribution is 0.586. The molecular formula is C21H29N3O. The highest BCUT2D eigenvalue weighted by molar-refractivity contribution is 5.99. The Hall–Kier alpha value is -2.10. The van der Waals surface area contributed by atoms with Crippen LogP contribution in [0.4, 0.5) is 0 Å². The smallest absolute Gasteiger partial charge is 0.280 e. The van der Waals surface area contributed by atoms with Crippen molar-refractivity contribution in [1.29, 1.82) is 0 Å². The summed E-state index contributed by atoms with van der Waals surface area (Å²) in [5.74, 6) is 0. The summed E-state index contributed by atoms with van der Waals surface area (Å²) >= 11 is 0. The van der Waals surface area contributed by atoms with Gasteiger partial charge in [-0.2, -0.15) is 0 Å². The van der Waals surface area contributed by atoms with Crippen molar-refractivity contribution in [3.8, 4) is 5.69 Å². The fourth-order valence-corrected chi connectivity index (χ4v) is 3.77. The lowest BCUT2D eigenvalue weighted by Crippen LogP contribution is -2.20. The summed E-state index contributed by atoms with van der Waals surface area (Å²) in [6.07, 6.45) is 9.30. The van der Waals surface area contributed by atoms with Crippen LogP contribution >= 0.6 is 0 Å². The highest BCUT2D eigenvalue weighted by Gasteiger charge is 2.19. The lowest BCUT2D eigenvalue weighted by atomic mass is 10.1. The van der Waals surface area contributed by atoms with Gasteiger partial charge in [0.15, 0.2) is 0 Å². The summed E-state index contributed by atoms with van der Waals surface area (Å²) in [5.41, 5.74) is 3.57. The minimum atomic E-state index is 0.0181. The molecule has 1 aliphatic carbocycles. The first-order chi connectivity index (χ1) is 12.2. The van der Waals surface area contributed by atoms with E-state index in [1.54, 1.807) is 4.68 Å². The molecule has 4 nitrogen and oxygen atoms in total. The van der Waals surface area contributed by atoms with Gasteiger partial charge in [-0.15, -0.1) is 0 Å². The molecule has 1 saturated carbocycles. The number of rotatable bonds is 5. The van der Waals surface area contributed by atoms with Crippen LogP contribution in [0.15, 0.2) is 40.1 Å². The third-order valence-electron chi connectivity index (χ3n) is 5.04. The summed E-state index contributed by atoms with van der Waals surface area (Å²) in [5, 5.41) is 3.32. The van der Waals surface area contributed by atoms with Crippen LogP contribution in [0.2, 0.25) is 0 Å². The maximum atomic E-state index is 13.1. The molecule has 0 radical (unpaired) electrons. The molecule has 1 N–H and O–H groups in total. The van der Waals surface area contributed by atoms with Crippen LogP contribution in [-0.2, 0) is 6.42 Å². The number of nitrogens with one attached hydrogen (secondary N) is 1. The molecule has 0 spiro atoms.